The highest BCUT2D eigenvalue weighted by Crippen LogP contribution is 2.55. The molecule has 5 N–H and O–H groups in total. The zero-order valence-corrected chi connectivity index (χ0v) is 32.3. The number of benzene rings is 2. The first-order valence-corrected chi connectivity index (χ1v) is 17.9. The Kier molecular flexibility index (Phi) is 11.5. The van der Waals surface area contributed by atoms with Gasteiger partial charge >= 0.3 is 11.8 Å². The maximum Gasteiger partial charge on any atom is 0.312 e. The number of nitrogens with zero attached hydrogens (tertiary/aromatic N) is 1. The van der Waals surface area contributed by atoms with E-state index < -0.39 is 83.0 Å². The van der Waals surface area contributed by atoms with Crippen LogP contribution in [0.3, 0.4) is 0 Å². The molecule has 3 aliphatic rings. The number of carbonyl (C=O) groups excluding carboxylic acids is 3. The van der Waals surface area contributed by atoms with Crippen LogP contribution in [0.25, 0.3) is 10.8 Å². The summed E-state index contributed by atoms with van der Waals surface area (Å²) in [6, 6.07) is 0. The van der Waals surface area contributed by atoms with Crippen LogP contribution in [0, 0.1) is 30.6 Å². The predicted molar refractivity (Wildman–Crippen MR) is 199 cm³/mol. The van der Waals surface area contributed by atoms with Gasteiger partial charge < -0.3 is 49.4 Å². The van der Waals surface area contributed by atoms with Gasteiger partial charge in [0.2, 0.25) is 0 Å². The van der Waals surface area contributed by atoms with Gasteiger partial charge in [-0.25, -0.2) is 4.58 Å². The quantitative estimate of drug-likeness (QED) is 0.165. The average molecular weight is 752 g/mol. The maximum atomic E-state index is 14.4. The van der Waals surface area contributed by atoms with Crippen LogP contribution in [0.15, 0.2) is 36.1 Å². The Balaban J connectivity index is 1.70. The number of ether oxygens (including phenoxy) is 5. The molecule has 9 unspecified atom stereocenters. The van der Waals surface area contributed by atoms with Crippen molar-refractivity contribution in [1.29, 1.82) is 0 Å². The Morgan fingerprint density at radius 3 is 2.31 bits per heavy atom. The monoisotopic (exact) mass is 751 g/mol. The van der Waals surface area contributed by atoms with Crippen molar-refractivity contribution in [3.8, 4) is 23.0 Å². The first-order valence-electron chi connectivity index (χ1n) is 17.9. The molecular formula is C40H51N2O12+. The molecule has 0 fully saturated rings. The van der Waals surface area contributed by atoms with Crippen LogP contribution in [0.2, 0.25) is 0 Å². The summed E-state index contributed by atoms with van der Waals surface area (Å²) in [4.78, 5) is 40.2. The second-order valence-corrected chi connectivity index (χ2v) is 14.8. The summed E-state index contributed by atoms with van der Waals surface area (Å²) >= 11 is 0. The molecule has 54 heavy (non-hydrogen) atoms. The number of aromatic hydroxyl groups is 2. The van der Waals surface area contributed by atoms with Crippen molar-refractivity contribution in [2.75, 3.05) is 26.2 Å². The fourth-order valence-corrected chi connectivity index (χ4v) is 7.43. The molecule has 3 heterocycles. The normalized spacial score (nSPS) is 32.7. The Labute approximate surface area is 314 Å². The average Bonchev–Trinajstić information content (AvgIpc) is 3.39. The zero-order chi connectivity index (χ0) is 40.0. The molecule has 14 heteroatoms. The minimum atomic E-state index is -1.94. The molecule has 0 radical (unpaired) electrons. The molecular weight excluding hydrogens is 700 g/mol. The lowest BCUT2D eigenvalue weighted by atomic mass is 9.78. The predicted octanol–water partition coefficient (Wildman–Crippen LogP) is 4.46. The maximum absolute atomic E-state index is 14.4. The number of rotatable bonds is 2. The van der Waals surface area contributed by atoms with Gasteiger partial charge in [0, 0.05) is 61.2 Å². The van der Waals surface area contributed by atoms with E-state index in [9.17, 15) is 34.8 Å². The number of anilines is 1. The number of nitrogens with one attached hydrogen (secondary N) is 1. The number of hydrogen-bond acceptors (Lipinski definition) is 12. The van der Waals surface area contributed by atoms with Crippen molar-refractivity contribution < 1.29 is 63.1 Å². The largest absolute Gasteiger partial charge is 0.507 e. The van der Waals surface area contributed by atoms with Crippen molar-refractivity contribution in [2.45, 2.75) is 85.6 Å². The highest BCUT2D eigenvalue weighted by molar-refractivity contribution is 6.23. The van der Waals surface area contributed by atoms with Crippen LogP contribution in [0.4, 0.5) is 5.69 Å². The third-order valence-electron chi connectivity index (χ3n) is 10.8. The molecule has 2 aromatic rings. The molecule has 0 spiro atoms. The van der Waals surface area contributed by atoms with Crippen LogP contribution in [-0.4, -0.2) is 100.0 Å². The number of amides is 1. The van der Waals surface area contributed by atoms with Crippen molar-refractivity contribution in [2.24, 2.45) is 23.7 Å². The number of carbonyl (C=O) groups is 3. The van der Waals surface area contributed by atoms with E-state index in [2.05, 4.69) is 5.32 Å². The standard InChI is InChI=1S/C40H50N2O12/c1-18-12-11-13-19(2)39(49)41-30-25-16-42(9)17-51-37(25)27-28(34(30)47)33(46)23(6)36-29(27)38(48)40(8,54-36)52-15-14-26(50-10)20(3)35(53-24(7)43)22(5)32(45)21(4)31(18)44/h11-16,18,20-22,26,31-32,35,44-45H,17H2,1-10H3,(H2,46,47,48)/p+1/b12-11+,15-14-,19-13-,41-30?. The molecule has 0 saturated heterocycles. The third kappa shape index (κ3) is 7.17. The summed E-state index contributed by atoms with van der Waals surface area (Å²) in [6.07, 6.45) is 5.52. The van der Waals surface area contributed by atoms with Gasteiger partial charge in [-0.3, -0.25) is 14.4 Å². The lowest BCUT2D eigenvalue weighted by molar-refractivity contribution is -0.527. The van der Waals surface area contributed by atoms with Gasteiger partial charge in [0.1, 0.15) is 35.9 Å². The fourth-order valence-electron chi connectivity index (χ4n) is 7.43. The molecule has 3 aliphatic heterocycles. The molecule has 9 atom stereocenters. The van der Waals surface area contributed by atoms with Gasteiger partial charge in [0.15, 0.2) is 17.7 Å². The van der Waals surface area contributed by atoms with Crippen molar-refractivity contribution >= 4 is 40.3 Å². The van der Waals surface area contributed by atoms with E-state index in [1.807, 2.05) is 0 Å². The summed E-state index contributed by atoms with van der Waals surface area (Å²) in [7, 11) is 3.18. The van der Waals surface area contributed by atoms with Gasteiger partial charge in [-0.2, -0.15) is 0 Å². The molecule has 2 aromatic carbocycles. The lowest BCUT2D eigenvalue weighted by Crippen LogP contribution is -2.46. The van der Waals surface area contributed by atoms with E-state index in [0.717, 1.165) is 0 Å². The number of aliphatic hydroxyl groups is 2. The first kappa shape index (κ1) is 40.3. The topological polar surface area (TPSA) is 193 Å². The van der Waals surface area contributed by atoms with Crippen LogP contribution in [-0.2, 0) is 23.8 Å². The number of allylic oxidation sites excluding steroid dienone is 2. The molecule has 5 rings (SSSR count). The van der Waals surface area contributed by atoms with Crippen LogP contribution < -0.4 is 14.8 Å². The number of fused-ring (bicyclic) bond motifs is 1. The first-order chi connectivity index (χ1) is 25.3. The number of esters is 1. The number of Topliss-reactive ketones (excluding diaryl/α,β-unsaturated/α-hetero) is 1. The number of aliphatic hydroxyl groups excluding tert-OH is 2. The second kappa shape index (κ2) is 15.4. The number of ketones is 1. The number of methoxy groups -OCH3 is 1. The van der Waals surface area contributed by atoms with E-state index in [0.29, 0.717) is 0 Å². The molecule has 0 aliphatic carbocycles. The highest BCUT2D eigenvalue weighted by Gasteiger charge is 2.50. The second-order valence-electron chi connectivity index (χ2n) is 14.8. The molecule has 0 aromatic heterocycles. The van der Waals surface area contributed by atoms with Crippen LogP contribution in [0.1, 0.15) is 70.0 Å². The van der Waals surface area contributed by atoms with Crippen LogP contribution in [0.5, 0.6) is 23.0 Å². The Hall–Kier alpha value is -4.92. The van der Waals surface area contributed by atoms with Gasteiger partial charge in [-0.05, 0) is 19.9 Å². The Bertz CT molecular complexity index is 1980. The minimum Gasteiger partial charge on any atom is -0.507 e. The molecule has 14 nitrogen and oxygen atoms in total. The summed E-state index contributed by atoms with van der Waals surface area (Å²) < 4.78 is 31.4. The van der Waals surface area contributed by atoms with Crippen molar-refractivity contribution in [3.63, 3.8) is 0 Å². The number of phenols is 2. The molecule has 1 amide bonds. The summed E-state index contributed by atoms with van der Waals surface area (Å²) in [5.41, 5.74) is 0.603. The smallest absolute Gasteiger partial charge is 0.312 e. The number of phenolic OH excluding ortho intramolecular Hbond substituents is 2. The molecule has 292 valence electrons. The Morgan fingerprint density at radius 2 is 1.67 bits per heavy atom. The van der Waals surface area contributed by atoms with Gasteiger partial charge in [0.05, 0.1) is 35.5 Å². The van der Waals surface area contributed by atoms with Gasteiger partial charge in [-0.15, -0.1) is 0 Å². The summed E-state index contributed by atoms with van der Waals surface area (Å²) in [5.74, 6) is -6.80. The minimum absolute atomic E-state index is 0.00840. The highest BCUT2D eigenvalue weighted by atomic mass is 16.7. The fraction of sp³-hybridized carbons (Fsp3) is 0.500. The number of hydrogen-bond donors (Lipinski definition) is 5. The van der Waals surface area contributed by atoms with Gasteiger partial charge in [0.25, 0.3) is 18.4 Å². The Morgan fingerprint density at radius 1 is 0.981 bits per heavy atom. The van der Waals surface area contributed by atoms with E-state index in [1.54, 1.807) is 70.7 Å². The van der Waals surface area contributed by atoms with Gasteiger partial charge in [-0.1, -0.05) is 45.9 Å². The van der Waals surface area contributed by atoms with Crippen molar-refractivity contribution in [3.05, 3.63) is 52.8 Å². The summed E-state index contributed by atoms with van der Waals surface area (Å²) in [5, 5.41) is 48.8. The van der Waals surface area contributed by atoms with E-state index in [1.165, 1.54) is 40.2 Å². The van der Waals surface area contributed by atoms with E-state index in [-0.39, 0.29) is 57.0 Å². The van der Waals surface area contributed by atoms with E-state index >= 15 is 0 Å². The summed E-state index contributed by atoms with van der Waals surface area (Å²) in [6.45, 7) is 12.8. The SMILES string of the molecule is COC1/C=C\OC2(C)Oc3c(C)c(O)c4c(O)c(c5c(c4c3C2=O)OC[N+](C)=C5)NC(=O)/C(C)=C\C=C\C(C)C(O)C(C)C(O)C(C)C(OC(C)=O)C1C. The third-order valence-corrected chi connectivity index (χ3v) is 10.8. The molecule has 4 bridgehead atoms. The van der Waals surface area contributed by atoms with Crippen LogP contribution >= 0.6 is 0 Å². The zero-order valence-electron chi connectivity index (χ0n) is 32.3. The molecule has 0 saturated carbocycles. The lowest BCUT2D eigenvalue weighted by Gasteiger charge is -2.38. The van der Waals surface area contributed by atoms with Crippen molar-refractivity contribution in [1.82, 2.24) is 0 Å². The van der Waals surface area contributed by atoms with E-state index in [4.69, 9.17) is 23.7 Å².